The number of rotatable bonds is 4. The summed E-state index contributed by atoms with van der Waals surface area (Å²) in [6, 6.07) is 13.9. The fourth-order valence-electron chi connectivity index (χ4n) is 1.83. The highest BCUT2D eigenvalue weighted by atomic mass is 32.2. The number of thioether (sulfide) groups is 1. The molecule has 2 aromatic carbocycles. The molecule has 0 aliphatic carbocycles. The third-order valence-electron chi connectivity index (χ3n) is 2.82. The van der Waals surface area contributed by atoms with Crippen LogP contribution in [0.2, 0.25) is 0 Å². The van der Waals surface area contributed by atoms with Crippen LogP contribution in [0, 0.1) is 10.7 Å². The van der Waals surface area contributed by atoms with Crippen LogP contribution < -0.4 is 0 Å². The summed E-state index contributed by atoms with van der Waals surface area (Å²) in [5.41, 5.74) is 2.05. The fourth-order valence-corrected chi connectivity index (χ4v) is 2.52. The van der Waals surface area contributed by atoms with Gasteiger partial charge in [0.25, 0.3) is 0 Å². The van der Waals surface area contributed by atoms with Crippen LogP contribution in [0.4, 0.5) is 0 Å². The lowest BCUT2D eigenvalue weighted by Gasteiger charge is -2.13. The van der Waals surface area contributed by atoms with Gasteiger partial charge in [-0.25, -0.2) is 0 Å². The highest BCUT2D eigenvalue weighted by Crippen LogP contribution is 2.32. The van der Waals surface area contributed by atoms with Crippen molar-refractivity contribution in [3.8, 4) is 16.9 Å². The minimum atomic E-state index is 0.00939. The summed E-state index contributed by atoms with van der Waals surface area (Å²) in [4.78, 5) is 0. The molecule has 0 radical (unpaired) electrons. The third-order valence-corrected chi connectivity index (χ3v) is 3.65. The smallest absolute Gasteiger partial charge is 0.133 e. The first kappa shape index (κ1) is 13.3. The first-order valence-corrected chi connectivity index (χ1v) is 6.68. The number of thiocyanates is 1. The quantitative estimate of drug-likeness (QED) is 0.834. The van der Waals surface area contributed by atoms with Gasteiger partial charge in [-0.1, -0.05) is 24.3 Å². The molecule has 0 saturated heterocycles. The Morgan fingerprint density at radius 2 is 1.47 bits per heavy atom. The lowest BCUT2D eigenvalue weighted by Crippen LogP contribution is -1.98. The topological polar surface area (TPSA) is 64.2 Å². The molecule has 1 unspecified atom stereocenters. The predicted molar refractivity (Wildman–Crippen MR) is 75.9 cm³/mol. The molecule has 0 saturated carbocycles. The van der Waals surface area contributed by atoms with Gasteiger partial charge >= 0.3 is 0 Å². The van der Waals surface area contributed by atoms with Crippen molar-refractivity contribution in [2.75, 3.05) is 0 Å². The molecule has 96 valence electrons. The number of benzene rings is 2. The summed E-state index contributed by atoms with van der Waals surface area (Å²) in [6.07, 6.45) is 0.698. The first-order valence-electron chi connectivity index (χ1n) is 5.80. The fraction of sp³-hybridized carbons (Fsp3) is 0.133. The number of hydrogen-bond donors (Lipinski definition) is 2. The van der Waals surface area contributed by atoms with Crippen LogP contribution in [0.25, 0.3) is 0 Å². The van der Waals surface area contributed by atoms with Crippen molar-refractivity contribution in [3.63, 3.8) is 0 Å². The second kappa shape index (κ2) is 6.17. The van der Waals surface area contributed by atoms with Gasteiger partial charge in [-0.3, -0.25) is 0 Å². The number of nitriles is 1. The number of nitrogens with zero attached hydrogens (tertiary/aromatic N) is 1. The normalized spacial score (nSPS) is 11.7. The summed E-state index contributed by atoms with van der Waals surface area (Å²) in [6.45, 7) is 0. The Hall–Kier alpha value is -2.12. The first-order chi connectivity index (χ1) is 9.19. The zero-order chi connectivity index (χ0) is 13.7. The van der Waals surface area contributed by atoms with Gasteiger partial charge in [-0.2, -0.15) is 5.26 Å². The SMILES string of the molecule is N#CSC(Cc1ccc(O)cc1)c1ccc(O)cc1. The average molecular weight is 271 g/mol. The van der Waals surface area contributed by atoms with E-state index in [-0.39, 0.29) is 16.7 Å². The van der Waals surface area contributed by atoms with Crippen molar-refractivity contribution in [2.24, 2.45) is 0 Å². The number of phenols is 2. The van der Waals surface area contributed by atoms with Gasteiger partial charge in [-0.05, 0) is 53.6 Å². The van der Waals surface area contributed by atoms with Crippen LogP contribution in [0.5, 0.6) is 11.5 Å². The molecule has 2 N–H and O–H groups in total. The second-order valence-corrected chi connectivity index (χ2v) is 5.15. The van der Waals surface area contributed by atoms with E-state index in [1.807, 2.05) is 24.3 Å². The zero-order valence-electron chi connectivity index (χ0n) is 10.2. The molecule has 0 bridgehead atoms. The third kappa shape index (κ3) is 3.67. The molecule has 0 aliphatic rings. The maximum atomic E-state index is 9.29. The molecule has 4 heteroatoms. The summed E-state index contributed by atoms with van der Waals surface area (Å²) in [5.74, 6) is 0.451. The van der Waals surface area contributed by atoms with Gasteiger partial charge in [0.1, 0.15) is 16.9 Å². The Balaban J connectivity index is 2.18. The van der Waals surface area contributed by atoms with E-state index < -0.39 is 0 Å². The summed E-state index contributed by atoms with van der Waals surface area (Å²) < 4.78 is 0. The van der Waals surface area contributed by atoms with Crippen molar-refractivity contribution in [3.05, 3.63) is 59.7 Å². The van der Waals surface area contributed by atoms with Crippen LogP contribution >= 0.6 is 11.8 Å². The maximum absolute atomic E-state index is 9.29. The van der Waals surface area contributed by atoms with E-state index in [1.165, 1.54) is 11.8 Å². The lowest BCUT2D eigenvalue weighted by molar-refractivity contribution is 0.474. The minimum absolute atomic E-state index is 0.00939. The lowest BCUT2D eigenvalue weighted by atomic mass is 10.0. The van der Waals surface area contributed by atoms with Crippen molar-refractivity contribution < 1.29 is 10.2 Å². The molecule has 1 atom stereocenters. The molecule has 2 aromatic rings. The van der Waals surface area contributed by atoms with Crippen molar-refractivity contribution in [2.45, 2.75) is 11.7 Å². The van der Waals surface area contributed by atoms with Gasteiger partial charge in [0.2, 0.25) is 0 Å². The molecule has 0 aromatic heterocycles. The van der Waals surface area contributed by atoms with E-state index >= 15 is 0 Å². The monoisotopic (exact) mass is 271 g/mol. The Kier molecular flexibility index (Phi) is 4.32. The second-order valence-electron chi connectivity index (χ2n) is 4.16. The van der Waals surface area contributed by atoms with Crippen LogP contribution in [-0.2, 0) is 6.42 Å². The van der Waals surface area contributed by atoms with Crippen LogP contribution in [0.3, 0.4) is 0 Å². The van der Waals surface area contributed by atoms with Crippen LogP contribution in [0.1, 0.15) is 16.4 Å². The van der Waals surface area contributed by atoms with Gasteiger partial charge in [0, 0.05) is 5.25 Å². The molecule has 3 nitrogen and oxygen atoms in total. The molecule has 0 amide bonds. The van der Waals surface area contributed by atoms with E-state index in [1.54, 1.807) is 24.3 Å². The largest absolute Gasteiger partial charge is 0.508 e. The van der Waals surface area contributed by atoms with E-state index in [0.29, 0.717) is 6.42 Å². The van der Waals surface area contributed by atoms with Crippen LogP contribution in [-0.4, -0.2) is 10.2 Å². The average Bonchev–Trinajstić information content (AvgIpc) is 2.42. The Labute approximate surface area is 116 Å². The highest BCUT2D eigenvalue weighted by molar-refractivity contribution is 8.03. The molecule has 19 heavy (non-hydrogen) atoms. The van der Waals surface area contributed by atoms with Gasteiger partial charge in [-0.15, -0.1) is 0 Å². The molecular weight excluding hydrogens is 258 g/mol. The zero-order valence-corrected chi connectivity index (χ0v) is 11.0. The summed E-state index contributed by atoms with van der Waals surface area (Å²) in [7, 11) is 0. The molecule has 0 spiro atoms. The predicted octanol–water partition coefficient (Wildman–Crippen LogP) is 3.60. The number of hydrogen-bond acceptors (Lipinski definition) is 4. The molecule has 0 fully saturated rings. The summed E-state index contributed by atoms with van der Waals surface area (Å²) >= 11 is 1.20. The standard InChI is InChI=1S/C15H13NO2S/c16-10-19-15(12-3-7-14(18)8-4-12)9-11-1-5-13(17)6-2-11/h1-8,15,17-18H,9H2. The van der Waals surface area contributed by atoms with Crippen molar-refractivity contribution in [1.29, 1.82) is 5.26 Å². The molecule has 2 rings (SSSR count). The minimum Gasteiger partial charge on any atom is -0.508 e. The van der Waals surface area contributed by atoms with Gasteiger partial charge in [0.05, 0.1) is 0 Å². The van der Waals surface area contributed by atoms with E-state index in [2.05, 4.69) is 5.40 Å². The Bertz CT molecular complexity index is 573. The van der Waals surface area contributed by atoms with Gasteiger partial charge in [0.15, 0.2) is 0 Å². The summed E-state index contributed by atoms with van der Waals surface area (Å²) in [5, 5.41) is 29.6. The van der Waals surface area contributed by atoms with E-state index in [0.717, 1.165) is 11.1 Å². The molecule has 0 heterocycles. The molecule has 0 aliphatic heterocycles. The van der Waals surface area contributed by atoms with Crippen LogP contribution in [0.15, 0.2) is 48.5 Å². The van der Waals surface area contributed by atoms with E-state index in [9.17, 15) is 10.2 Å². The van der Waals surface area contributed by atoms with Crippen molar-refractivity contribution >= 4 is 11.8 Å². The number of phenolic OH excluding ortho intramolecular Hbond substituents is 2. The maximum Gasteiger partial charge on any atom is 0.133 e. The van der Waals surface area contributed by atoms with Gasteiger partial charge < -0.3 is 10.2 Å². The number of aromatic hydroxyl groups is 2. The van der Waals surface area contributed by atoms with E-state index in [4.69, 9.17) is 5.26 Å². The highest BCUT2D eigenvalue weighted by Gasteiger charge is 2.13. The molecular formula is C15H13NO2S. The van der Waals surface area contributed by atoms with Crippen molar-refractivity contribution in [1.82, 2.24) is 0 Å². The Morgan fingerprint density at radius 1 is 0.947 bits per heavy atom. The Morgan fingerprint density at radius 3 is 2.00 bits per heavy atom.